The molecule has 3 aromatic rings. The molecule has 0 amide bonds. The van der Waals surface area contributed by atoms with E-state index in [0.29, 0.717) is 6.54 Å². The Kier molecular flexibility index (Phi) is 7.65. The van der Waals surface area contributed by atoms with E-state index in [1.165, 1.54) is 5.56 Å². The summed E-state index contributed by atoms with van der Waals surface area (Å²) < 4.78 is 1.87. The minimum Gasteiger partial charge on any atom is -0.352 e. The number of aliphatic imine (C=N–C) groups is 1. The van der Waals surface area contributed by atoms with Gasteiger partial charge in [0.15, 0.2) is 5.96 Å². The van der Waals surface area contributed by atoms with Crippen molar-refractivity contribution in [3.63, 3.8) is 0 Å². The summed E-state index contributed by atoms with van der Waals surface area (Å²) in [7, 11) is 1.78. The van der Waals surface area contributed by atoms with Crippen molar-refractivity contribution in [1.82, 2.24) is 20.4 Å². The second kappa shape index (κ2) is 9.96. The van der Waals surface area contributed by atoms with Crippen LogP contribution in [0.25, 0.3) is 5.69 Å². The smallest absolute Gasteiger partial charge is 0.191 e. The van der Waals surface area contributed by atoms with Gasteiger partial charge in [-0.3, -0.25) is 4.99 Å². The predicted molar refractivity (Wildman–Crippen MR) is 117 cm³/mol. The van der Waals surface area contributed by atoms with Crippen LogP contribution in [0.3, 0.4) is 0 Å². The van der Waals surface area contributed by atoms with Gasteiger partial charge in [-0.15, -0.1) is 24.0 Å². The lowest BCUT2D eigenvalue weighted by Crippen LogP contribution is -2.38. The molecule has 3 rings (SSSR count). The van der Waals surface area contributed by atoms with Crippen LogP contribution in [0.4, 0.5) is 0 Å². The maximum Gasteiger partial charge on any atom is 0.191 e. The number of para-hydroxylation sites is 1. The van der Waals surface area contributed by atoms with Gasteiger partial charge in [-0.1, -0.05) is 48.5 Å². The Morgan fingerprint density at radius 1 is 1.08 bits per heavy atom. The fourth-order valence-electron chi connectivity index (χ4n) is 2.58. The largest absolute Gasteiger partial charge is 0.352 e. The minimum atomic E-state index is 0. The van der Waals surface area contributed by atoms with Gasteiger partial charge in [-0.05, 0) is 24.6 Å². The first-order valence-electron chi connectivity index (χ1n) is 8.37. The van der Waals surface area contributed by atoms with Crippen molar-refractivity contribution < 1.29 is 0 Å². The molecule has 0 saturated carbocycles. The Hall–Kier alpha value is -2.35. The van der Waals surface area contributed by atoms with E-state index in [1.807, 2.05) is 65.6 Å². The normalized spacial score (nSPS) is 12.2. The third kappa shape index (κ3) is 5.32. The highest BCUT2D eigenvalue weighted by molar-refractivity contribution is 14.0. The Balaban J connectivity index is 0.00000243. The summed E-state index contributed by atoms with van der Waals surface area (Å²) in [5, 5.41) is 11.2. The third-order valence-electron chi connectivity index (χ3n) is 3.99. The molecule has 1 unspecified atom stereocenters. The number of rotatable bonds is 5. The van der Waals surface area contributed by atoms with E-state index in [2.05, 4.69) is 39.8 Å². The van der Waals surface area contributed by atoms with Gasteiger partial charge in [0.1, 0.15) is 0 Å². The SMILES string of the molecule is CN=C(NCc1cnn(-c2ccccc2)c1)NC(C)c1ccccc1.I. The van der Waals surface area contributed by atoms with Crippen molar-refractivity contribution in [2.75, 3.05) is 7.05 Å². The second-order valence-corrected chi connectivity index (χ2v) is 5.83. The van der Waals surface area contributed by atoms with Gasteiger partial charge in [-0.2, -0.15) is 5.10 Å². The van der Waals surface area contributed by atoms with Crippen LogP contribution in [0.2, 0.25) is 0 Å². The van der Waals surface area contributed by atoms with Crippen molar-refractivity contribution in [3.05, 3.63) is 84.2 Å². The standard InChI is InChI=1S/C20H23N5.HI/c1-16(18-9-5-3-6-10-18)24-20(21-2)22-13-17-14-23-25(15-17)19-11-7-4-8-12-19;/h3-12,14-16H,13H2,1-2H3,(H2,21,22,24);1H. The summed E-state index contributed by atoms with van der Waals surface area (Å²) in [5.74, 6) is 0.767. The molecule has 0 aliphatic heterocycles. The topological polar surface area (TPSA) is 54.2 Å². The predicted octanol–water partition coefficient (Wildman–Crippen LogP) is 3.92. The number of guanidine groups is 1. The highest BCUT2D eigenvalue weighted by atomic mass is 127. The van der Waals surface area contributed by atoms with E-state index >= 15 is 0 Å². The lowest BCUT2D eigenvalue weighted by Gasteiger charge is -2.18. The molecule has 6 heteroatoms. The zero-order valence-electron chi connectivity index (χ0n) is 15.0. The van der Waals surface area contributed by atoms with Crippen molar-refractivity contribution in [2.24, 2.45) is 4.99 Å². The molecule has 1 aromatic heterocycles. The van der Waals surface area contributed by atoms with Crippen LogP contribution in [0.5, 0.6) is 0 Å². The summed E-state index contributed by atoms with van der Waals surface area (Å²) in [5.41, 5.74) is 3.37. The lowest BCUT2D eigenvalue weighted by molar-refractivity contribution is 0.685. The highest BCUT2D eigenvalue weighted by Crippen LogP contribution is 2.11. The second-order valence-electron chi connectivity index (χ2n) is 5.83. The Morgan fingerprint density at radius 3 is 2.38 bits per heavy atom. The van der Waals surface area contributed by atoms with Gasteiger partial charge in [0.25, 0.3) is 0 Å². The molecule has 0 bridgehead atoms. The monoisotopic (exact) mass is 461 g/mol. The molecular weight excluding hydrogens is 437 g/mol. The maximum atomic E-state index is 4.42. The third-order valence-corrected chi connectivity index (χ3v) is 3.99. The van der Waals surface area contributed by atoms with E-state index in [1.54, 1.807) is 7.05 Å². The quantitative estimate of drug-likeness (QED) is 0.344. The van der Waals surface area contributed by atoms with Crippen LogP contribution in [0, 0.1) is 0 Å². The van der Waals surface area contributed by atoms with Gasteiger partial charge >= 0.3 is 0 Å². The van der Waals surface area contributed by atoms with E-state index in [9.17, 15) is 0 Å². The molecule has 2 aromatic carbocycles. The van der Waals surface area contributed by atoms with Crippen LogP contribution in [-0.2, 0) is 6.54 Å². The summed E-state index contributed by atoms with van der Waals surface area (Å²) in [6, 6.07) is 20.6. The van der Waals surface area contributed by atoms with E-state index in [0.717, 1.165) is 17.2 Å². The number of nitrogens with zero attached hydrogens (tertiary/aromatic N) is 3. The lowest BCUT2D eigenvalue weighted by atomic mass is 10.1. The summed E-state index contributed by atoms with van der Waals surface area (Å²) in [6.45, 7) is 2.78. The van der Waals surface area contributed by atoms with Crippen LogP contribution < -0.4 is 10.6 Å². The summed E-state index contributed by atoms with van der Waals surface area (Å²) in [6.07, 6.45) is 3.89. The molecule has 2 N–H and O–H groups in total. The van der Waals surface area contributed by atoms with Gasteiger partial charge < -0.3 is 10.6 Å². The average molecular weight is 461 g/mol. The average Bonchev–Trinajstić information content (AvgIpc) is 3.15. The van der Waals surface area contributed by atoms with Gasteiger partial charge in [0, 0.05) is 25.4 Å². The zero-order valence-corrected chi connectivity index (χ0v) is 17.3. The molecule has 0 saturated heterocycles. The first-order valence-corrected chi connectivity index (χ1v) is 8.37. The van der Waals surface area contributed by atoms with E-state index in [4.69, 9.17) is 0 Å². The van der Waals surface area contributed by atoms with Crippen molar-refractivity contribution in [1.29, 1.82) is 0 Å². The number of aromatic nitrogens is 2. The van der Waals surface area contributed by atoms with Crippen LogP contribution in [0.1, 0.15) is 24.1 Å². The minimum absolute atomic E-state index is 0. The van der Waals surface area contributed by atoms with Crippen molar-refractivity contribution >= 4 is 29.9 Å². The molecule has 0 spiro atoms. The fourth-order valence-corrected chi connectivity index (χ4v) is 2.58. The Labute approximate surface area is 171 Å². The number of halogens is 1. The molecule has 1 heterocycles. The Morgan fingerprint density at radius 2 is 1.73 bits per heavy atom. The number of hydrogen-bond acceptors (Lipinski definition) is 2. The van der Waals surface area contributed by atoms with E-state index in [-0.39, 0.29) is 30.0 Å². The number of hydrogen-bond donors (Lipinski definition) is 2. The summed E-state index contributed by atoms with van der Waals surface area (Å²) >= 11 is 0. The van der Waals surface area contributed by atoms with Gasteiger partial charge in [0.2, 0.25) is 0 Å². The number of benzene rings is 2. The molecule has 5 nitrogen and oxygen atoms in total. The van der Waals surface area contributed by atoms with Crippen molar-refractivity contribution in [2.45, 2.75) is 19.5 Å². The molecule has 136 valence electrons. The molecule has 1 atom stereocenters. The molecule has 26 heavy (non-hydrogen) atoms. The van der Waals surface area contributed by atoms with E-state index < -0.39 is 0 Å². The first kappa shape index (κ1) is 20.0. The summed E-state index contributed by atoms with van der Waals surface area (Å²) in [4.78, 5) is 4.30. The van der Waals surface area contributed by atoms with Gasteiger partial charge in [-0.25, -0.2) is 4.68 Å². The number of nitrogens with one attached hydrogen (secondary N) is 2. The Bertz CT molecular complexity index is 814. The van der Waals surface area contributed by atoms with Gasteiger partial charge in [0.05, 0.1) is 17.9 Å². The van der Waals surface area contributed by atoms with Crippen molar-refractivity contribution in [3.8, 4) is 5.69 Å². The fraction of sp³-hybridized carbons (Fsp3) is 0.200. The molecule has 0 aliphatic carbocycles. The highest BCUT2D eigenvalue weighted by Gasteiger charge is 2.08. The van der Waals surface area contributed by atoms with Crippen LogP contribution in [-0.4, -0.2) is 22.8 Å². The first-order chi connectivity index (χ1) is 12.3. The zero-order chi connectivity index (χ0) is 17.5. The molecule has 0 radical (unpaired) electrons. The molecule has 0 fully saturated rings. The molecular formula is C20H24IN5. The molecule has 0 aliphatic rings. The van der Waals surface area contributed by atoms with Crippen LogP contribution >= 0.6 is 24.0 Å². The van der Waals surface area contributed by atoms with Crippen LogP contribution in [0.15, 0.2) is 78.0 Å². The maximum absolute atomic E-state index is 4.42.